The molecule has 5 heterocycles. The van der Waals surface area contributed by atoms with E-state index in [9.17, 15) is 63.6 Å². The zero-order valence-electron chi connectivity index (χ0n) is 70.3. The average molecular weight is 1730 g/mol. The topological polar surface area (TPSA) is 562 Å². The van der Waals surface area contributed by atoms with Gasteiger partial charge in [0.2, 0.25) is 76.8 Å². The Labute approximate surface area is 711 Å². The quantitative estimate of drug-likeness (QED) is 0.0619. The second-order valence-corrected chi connectivity index (χ2v) is 36.7. The van der Waals surface area contributed by atoms with Gasteiger partial charge in [0.1, 0.15) is 72.5 Å². The van der Waals surface area contributed by atoms with Crippen molar-refractivity contribution in [3.63, 3.8) is 0 Å². The molecule has 5 unspecified atom stereocenters. The highest BCUT2D eigenvalue weighted by Crippen LogP contribution is 2.34. The predicted molar refractivity (Wildman–Crippen MR) is 449 cm³/mol. The molecule has 672 valence electrons. The van der Waals surface area contributed by atoms with Crippen LogP contribution in [0.2, 0.25) is 0 Å². The minimum absolute atomic E-state index is 0.00310. The summed E-state index contributed by atoms with van der Waals surface area (Å²) in [4.78, 5) is 203. The fourth-order valence-electron chi connectivity index (χ4n) is 16.9. The number of hydrogen-bond acceptors (Lipinski definition) is 25. The zero-order valence-corrected chi connectivity index (χ0v) is 72.0. The number of amides is 13. The van der Waals surface area contributed by atoms with Crippen molar-refractivity contribution in [2.24, 2.45) is 34.8 Å². The first-order valence-electron chi connectivity index (χ1n) is 42.9. The number of fused-ring (bicyclic) bond motifs is 3. The Bertz CT molecular complexity index is 3630. The van der Waals surface area contributed by atoms with Crippen LogP contribution in [0.15, 0.2) is 24.3 Å². The summed E-state index contributed by atoms with van der Waals surface area (Å²) in [5.74, 6) is -12.1. The fourth-order valence-corrected chi connectivity index (χ4v) is 18.9. The lowest BCUT2D eigenvalue weighted by molar-refractivity contribution is -0.139. The summed E-state index contributed by atoms with van der Waals surface area (Å²) in [6, 6.07) is -10.3. The van der Waals surface area contributed by atoms with Crippen molar-refractivity contribution in [1.82, 2.24) is 95.7 Å². The summed E-state index contributed by atoms with van der Waals surface area (Å²) in [5, 5.41) is 95.7. The van der Waals surface area contributed by atoms with Crippen molar-refractivity contribution in [1.29, 1.82) is 0 Å². The standard InChI is InChI=1S/C81H133N19O18S2/c1-8-12-55-70(108)92-57(25-26-65(105)106)72(110)93-58(29-45-17-21-52(103)22-18-45)73(111)90-56(13-9-2)71(109)94-61(32-50-35-83-41-87-50)76(114)98-63(68(82)107)39-119-37-47-14-10-15-48(28-47)38-120-40-64(89-44(4)102)78(116)100-67(81(5,6)7)80(118)97-59(30-46-19-23-53(104)24-20-46)74(112)95-62(33-51-36-84-42-88-51)77(115)99-66(43(3)101)79(117)96-60(75(113)91-55)31-49-34-86-69-54(49)16-11-27-85-69/h10,14-15,28,43,45-46,49-64,66-67,69,83-88,101,103-104H,8-9,11-13,16-27,29-42H2,1-7H3,(H2,82,107)(H,89,102)(H,90,111)(H,91,113)(H,92,108)(H,93,110)(H,94,109)(H,95,112)(H,96,117)(H,97,118)(H,98,114)(H,99,115)(H,100,116)(H,105,106)/t43-,45?,46?,49?,50?,51?,52?,53?,54?,55+,56+,57+,58+,59+,60+,61+,62+,63+,64+,66+,67-,69?/m1/s1. The molecule has 2 saturated carbocycles. The second-order valence-electron chi connectivity index (χ2n) is 34.6. The summed E-state index contributed by atoms with van der Waals surface area (Å²) in [6.07, 6.45) is 1.34. The normalized spacial score (nSPS) is 32.8. The number of aliphatic hydroxyl groups is 3. The molecule has 37 nitrogen and oxygen atoms in total. The molecule has 0 spiro atoms. The van der Waals surface area contributed by atoms with Gasteiger partial charge in [-0.3, -0.25) is 67.1 Å². The van der Waals surface area contributed by atoms with Gasteiger partial charge in [-0.05, 0) is 176 Å². The number of rotatable bonds is 20. The molecule has 4 saturated heterocycles. The predicted octanol–water partition coefficient (Wildman–Crippen LogP) is -2.98. The third-order valence-electron chi connectivity index (χ3n) is 23.7. The molecule has 2 aliphatic carbocycles. The number of piperidine rings is 1. The van der Waals surface area contributed by atoms with E-state index in [4.69, 9.17) is 5.73 Å². The SMILES string of the molecule is CCC[C@@H]1NC(=O)[C@H](CC2CCC(O)CC2)NC(=O)[C@H](CCC(=O)O)NC(=O)[C@H](CCC)NC(=O)[C@H](CC2CNC3NCCCC23)NC(=O)[C@H]([C@@H](C)O)NC(=O)[C@H](CC2CNCN2)NC(=O)[C@H](CC2CCC(O)CC2)NC(=O)[C@H](C(C)(C)C)NC(=O)[C@@H](NC(C)=O)CSCc2cccc(c2)CSC[C@@H](C(N)=O)NC(=O)[C@H](CC2CNCN2)NC1=O. The number of nitrogens with one attached hydrogen (secondary N) is 18. The minimum Gasteiger partial charge on any atom is -0.481 e. The maximum absolute atomic E-state index is 15.2. The van der Waals surface area contributed by atoms with Crippen molar-refractivity contribution in [2.75, 3.05) is 51.0 Å². The number of primary amides is 1. The Kier molecular flexibility index (Phi) is 39.2. The van der Waals surface area contributed by atoms with Crippen molar-refractivity contribution < 1.29 is 87.5 Å². The maximum Gasteiger partial charge on any atom is 0.303 e. The average Bonchev–Trinajstić information content (AvgIpc) is 1.60. The first-order valence-corrected chi connectivity index (χ1v) is 45.2. The first kappa shape index (κ1) is 97.6. The van der Waals surface area contributed by atoms with Crippen molar-refractivity contribution in [3.05, 3.63) is 35.4 Å². The van der Waals surface area contributed by atoms with Gasteiger partial charge in [-0.15, -0.1) is 0 Å². The van der Waals surface area contributed by atoms with Crippen LogP contribution in [-0.4, -0.2) is 263 Å². The number of carbonyl (C=O) groups excluding carboxylic acids is 13. The first-order chi connectivity index (χ1) is 57.1. The molecule has 1 aromatic carbocycles. The van der Waals surface area contributed by atoms with Gasteiger partial charge < -0.3 is 122 Å². The summed E-state index contributed by atoms with van der Waals surface area (Å²) in [6.45, 7) is 13.8. The second kappa shape index (κ2) is 48.3. The van der Waals surface area contributed by atoms with E-state index in [2.05, 4.69) is 95.7 Å². The maximum atomic E-state index is 15.2. The van der Waals surface area contributed by atoms with E-state index >= 15 is 24.0 Å². The third-order valence-corrected chi connectivity index (χ3v) is 25.9. The van der Waals surface area contributed by atoms with E-state index in [1.807, 2.05) is 24.3 Å². The Morgan fingerprint density at radius 3 is 1.42 bits per heavy atom. The number of benzene rings is 1. The molecule has 24 N–H and O–H groups in total. The smallest absolute Gasteiger partial charge is 0.303 e. The van der Waals surface area contributed by atoms with Gasteiger partial charge in [-0.2, -0.15) is 23.5 Å². The van der Waals surface area contributed by atoms with E-state index < -0.39 is 198 Å². The molecule has 2 bridgehead atoms. The lowest BCUT2D eigenvalue weighted by Crippen LogP contribution is -2.63. The number of nitrogens with two attached hydrogens (primary N) is 1. The van der Waals surface area contributed by atoms with Crippen LogP contribution in [0.25, 0.3) is 0 Å². The monoisotopic (exact) mass is 1720 g/mol. The Morgan fingerprint density at radius 2 is 0.958 bits per heavy atom. The van der Waals surface area contributed by atoms with Crippen LogP contribution >= 0.6 is 23.5 Å². The molecule has 7 aliphatic rings. The van der Waals surface area contributed by atoms with Crippen LogP contribution in [0.3, 0.4) is 0 Å². The van der Waals surface area contributed by atoms with Crippen LogP contribution < -0.4 is 101 Å². The molecule has 8 rings (SSSR count). The number of carboxylic acids is 1. The lowest BCUT2D eigenvalue weighted by atomic mass is 9.82. The number of carboxylic acid groups (broad SMARTS) is 1. The number of carbonyl (C=O) groups is 14. The lowest BCUT2D eigenvalue weighted by Gasteiger charge is -2.34. The van der Waals surface area contributed by atoms with E-state index in [1.54, 1.807) is 34.6 Å². The molecule has 6 fully saturated rings. The van der Waals surface area contributed by atoms with Crippen LogP contribution in [0, 0.1) is 29.1 Å². The number of thioether (sulfide) groups is 2. The molecule has 5 aliphatic heterocycles. The molecule has 13 amide bonds. The molecule has 0 radical (unpaired) electrons. The Morgan fingerprint density at radius 1 is 0.517 bits per heavy atom. The van der Waals surface area contributed by atoms with Crippen LogP contribution in [0.5, 0.6) is 0 Å². The number of hydrogen-bond donors (Lipinski definition) is 23. The van der Waals surface area contributed by atoms with Crippen LogP contribution in [-0.2, 0) is 78.6 Å². The van der Waals surface area contributed by atoms with Gasteiger partial charge in [-0.1, -0.05) is 71.7 Å². The molecule has 1 aromatic rings. The van der Waals surface area contributed by atoms with Gasteiger partial charge >= 0.3 is 5.97 Å². The van der Waals surface area contributed by atoms with E-state index in [0.29, 0.717) is 102 Å². The van der Waals surface area contributed by atoms with Crippen LogP contribution in [0.1, 0.15) is 194 Å². The summed E-state index contributed by atoms with van der Waals surface area (Å²) >= 11 is 2.62. The van der Waals surface area contributed by atoms with Crippen molar-refractivity contribution in [2.45, 2.75) is 304 Å². The van der Waals surface area contributed by atoms with E-state index in [0.717, 1.165) is 30.5 Å². The molecular formula is C81H133N19O18S2. The summed E-state index contributed by atoms with van der Waals surface area (Å²) < 4.78 is 0. The Balaban J connectivity index is 1.14. The number of aliphatic hydroxyl groups excluding tert-OH is 3. The van der Waals surface area contributed by atoms with Crippen molar-refractivity contribution in [3.8, 4) is 0 Å². The van der Waals surface area contributed by atoms with Gasteiger partial charge in [0.05, 0.1) is 24.5 Å². The molecule has 0 aromatic heterocycles. The van der Waals surface area contributed by atoms with Crippen LogP contribution in [0.4, 0.5) is 0 Å². The van der Waals surface area contributed by atoms with Gasteiger partial charge in [-0.25, -0.2) is 0 Å². The summed E-state index contributed by atoms with van der Waals surface area (Å²) in [7, 11) is 0. The minimum atomic E-state index is -1.80. The van der Waals surface area contributed by atoms with Gasteiger partial charge in [0.15, 0.2) is 0 Å². The highest BCUT2D eigenvalue weighted by molar-refractivity contribution is 7.98. The third kappa shape index (κ3) is 31.2. The summed E-state index contributed by atoms with van der Waals surface area (Å²) in [5.41, 5.74) is 6.58. The van der Waals surface area contributed by atoms with Gasteiger partial charge in [0, 0.05) is 74.9 Å². The molecule has 120 heavy (non-hydrogen) atoms. The molecule has 18 atom stereocenters. The molecule has 39 heteroatoms. The Hall–Kier alpha value is -7.86. The highest BCUT2D eigenvalue weighted by Gasteiger charge is 2.45. The largest absolute Gasteiger partial charge is 0.481 e. The zero-order chi connectivity index (χ0) is 87.3. The molecular weight excluding hydrogens is 1590 g/mol. The van der Waals surface area contributed by atoms with E-state index in [1.165, 1.54) is 37.4 Å². The van der Waals surface area contributed by atoms with Crippen molar-refractivity contribution >= 4 is 106 Å². The van der Waals surface area contributed by atoms with Gasteiger partial charge in [0.25, 0.3) is 0 Å². The number of aliphatic carboxylic acids is 1. The van der Waals surface area contributed by atoms with E-state index in [-0.39, 0.29) is 98.8 Å². The fraction of sp³-hybridized carbons (Fsp3) is 0.753. The highest BCUT2D eigenvalue weighted by atomic mass is 32.2.